The number of hydrogen-bond acceptors (Lipinski definition) is 2. The minimum absolute atomic E-state index is 0.297. The molecule has 0 spiro atoms. The molecule has 3 nitrogen and oxygen atoms in total. The largest absolute Gasteiger partial charge is 0.371 e. The smallest absolute Gasteiger partial charge is 0.210 e. The van der Waals surface area contributed by atoms with Crippen molar-refractivity contribution < 1.29 is 9.53 Å². The molecule has 1 aliphatic rings. The molecule has 1 amide bonds. The van der Waals surface area contributed by atoms with E-state index in [1.54, 1.807) is 4.90 Å². The highest BCUT2D eigenvalue weighted by atomic mass is 16.6. The van der Waals surface area contributed by atoms with Crippen LogP contribution in [0.5, 0.6) is 0 Å². The summed E-state index contributed by atoms with van der Waals surface area (Å²) in [4.78, 5) is 12.1. The Morgan fingerprint density at radius 2 is 2.45 bits per heavy atom. The van der Waals surface area contributed by atoms with Gasteiger partial charge in [0.15, 0.2) is 0 Å². The van der Waals surface area contributed by atoms with E-state index in [4.69, 9.17) is 4.74 Å². The quantitative estimate of drug-likeness (QED) is 0.327. The summed E-state index contributed by atoms with van der Waals surface area (Å²) in [7, 11) is 0. The van der Waals surface area contributed by atoms with Crippen LogP contribution in [0, 0.1) is 0 Å². The van der Waals surface area contributed by atoms with E-state index in [0.29, 0.717) is 12.6 Å². The minimum Gasteiger partial charge on any atom is -0.371 e. The first kappa shape index (κ1) is 8.27. The van der Waals surface area contributed by atoms with Gasteiger partial charge in [-0.1, -0.05) is 12.2 Å². The van der Waals surface area contributed by atoms with Crippen molar-refractivity contribution in [3.63, 3.8) is 0 Å². The van der Waals surface area contributed by atoms with Gasteiger partial charge in [-0.3, -0.25) is 4.79 Å². The Labute approximate surface area is 66.6 Å². The summed E-state index contributed by atoms with van der Waals surface area (Å²) in [5.41, 5.74) is 0. The SMILES string of the molecule is CC=CCN(C=O)CC1CO1. The number of amides is 1. The number of rotatable bonds is 5. The van der Waals surface area contributed by atoms with E-state index in [2.05, 4.69) is 0 Å². The summed E-state index contributed by atoms with van der Waals surface area (Å²) in [6.07, 6.45) is 5.05. The van der Waals surface area contributed by atoms with Crippen molar-refractivity contribution in [1.82, 2.24) is 4.90 Å². The molecule has 1 rings (SSSR count). The maximum absolute atomic E-state index is 10.4. The molecule has 62 valence electrons. The van der Waals surface area contributed by atoms with Crippen molar-refractivity contribution in [2.45, 2.75) is 13.0 Å². The normalized spacial score (nSPS) is 22.1. The second-order valence-corrected chi connectivity index (χ2v) is 2.58. The van der Waals surface area contributed by atoms with Crippen LogP contribution < -0.4 is 0 Å². The predicted molar refractivity (Wildman–Crippen MR) is 42.2 cm³/mol. The van der Waals surface area contributed by atoms with Crippen LogP contribution in [0.25, 0.3) is 0 Å². The van der Waals surface area contributed by atoms with E-state index in [0.717, 1.165) is 19.6 Å². The molecule has 0 aromatic carbocycles. The molecule has 0 aliphatic carbocycles. The second-order valence-electron chi connectivity index (χ2n) is 2.58. The van der Waals surface area contributed by atoms with E-state index in [-0.39, 0.29) is 0 Å². The Kier molecular flexibility index (Phi) is 3.11. The van der Waals surface area contributed by atoms with E-state index in [9.17, 15) is 4.79 Å². The number of epoxide rings is 1. The Morgan fingerprint density at radius 1 is 1.73 bits per heavy atom. The molecule has 3 heteroatoms. The Balaban J connectivity index is 2.17. The van der Waals surface area contributed by atoms with Gasteiger partial charge in [-0.25, -0.2) is 0 Å². The van der Waals surface area contributed by atoms with Crippen LogP contribution in [0.2, 0.25) is 0 Å². The molecule has 1 aliphatic heterocycles. The van der Waals surface area contributed by atoms with Crippen molar-refractivity contribution >= 4 is 6.41 Å². The number of carbonyl (C=O) groups is 1. The van der Waals surface area contributed by atoms with Gasteiger partial charge in [-0.15, -0.1) is 0 Å². The molecule has 1 heterocycles. The van der Waals surface area contributed by atoms with Crippen LogP contribution in [0.3, 0.4) is 0 Å². The fraction of sp³-hybridized carbons (Fsp3) is 0.625. The Morgan fingerprint density at radius 3 is 2.91 bits per heavy atom. The fourth-order valence-corrected chi connectivity index (χ4v) is 0.836. The number of carbonyl (C=O) groups excluding carboxylic acids is 1. The molecule has 1 fully saturated rings. The third-order valence-electron chi connectivity index (χ3n) is 1.57. The van der Waals surface area contributed by atoms with Crippen LogP contribution in [0.1, 0.15) is 6.92 Å². The zero-order chi connectivity index (χ0) is 8.10. The predicted octanol–water partition coefficient (Wildman–Crippen LogP) is 0.420. The van der Waals surface area contributed by atoms with Gasteiger partial charge in [0, 0.05) is 13.1 Å². The molecule has 0 N–H and O–H groups in total. The lowest BCUT2D eigenvalue weighted by atomic mass is 10.4. The average molecular weight is 155 g/mol. The zero-order valence-corrected chi connectivity index (χ0v) is 6.69. The minimum atomic E-state index is 0.297. The average Bonchev–Trinajstić information content (AvgIpc) is 2.81. The third kappa shape index (κ3) is 3.18. The lowest BCUT2D eigenvalue weighted by Crippen LogP contribution is -2.26. The van der Waals surface area contributed by atoms with Crippen molar-refractivity contribution in [2.75, 3.05) is 19.7 Å². The van der Waals surface area contributed by atoms with Gasteiger partial charge in [0.2, 0.25) is 6.41 Å². The molecule has 0 saturated carbocycles. The number of ether oxygens (including phenoxy) is 1. The number of nitrogens with zero attached hydrogens (tertiary/aromatic N) is 1. The maximum Gasteiger partial charge on any atom is 0.210 e. The summed E-state index contributed by atoms with van der Waals surface area (Å²) in [5, 5.41) is 0. The number of hydrogen-bond donors (Lipinski definition) is 0. The van der Waals surface area contributed by atoms with Crippen molar-refractivity contribution in [2.24, 2.45) is 0 Å². The molecule has 0 bridgehead atoms. The first-order chi connectivity index (χ1) is 5.36. The Bertz CT molecular complexity index is 152. The van der Waals surface area contributed by atoms with E-state index < -0.39 is 0 Å². The van der Waals surface area contributed by atoms with E-state index >= 15 is 0 Å². The molecule has 1 atom stereocenters. The molecule has 1 unspecified atom stereocenters. The summed E-state index contributed by atoms with van der Waals surface area (Å²) in [6.45, 7) is 4.17. The molecule has 0 aromatic rings. The molecule has 0 radical (unpaired) electrons. The standard InChI is InChI=1S/C8H13NO2/c1-2-3-4-9(7-10)5-8-6-11-8/h2-3,7-8H,4-6H2,1H3. The summed E-state index contributed by atoms with van der Waals surface area (Å²) < 4.78 is 5.00. The fourth-order valence-electron chi connectivity index (χ4n) is 0.836. The third-order valence-corrected chi connectivity index (χ3v) is 1.57. The lowest BCUT2D eigenvalue weighted by Gasteiger charge is -2.12. The Hall–Kier alpha value is -0.830. The monoisotopic (exact) mass is 155 g/mol. The van der Waals surface area contributed by atoms with Gasteiger partial charge in [0.25, 0.3) is 0 Å². The summed E-state index contributed by atoms with van der Waals surface area (Å²) >= 11 is 0. The lowest BCUT2D eigenvalue weighted by molar-refractivity contribution is -0.117. The van der Waals surface area contributed by atoms with Gasteiger partial charge in [0.05, 0.1) is 12.7 Å². The maximum atomic E-state index is 10.4. The van der Waals surface area contributed by atoms with Gasteiger partial charge >= 0.3 is 0 Å². The van der Waals surface area contributed by atoms with E-state index in [1.807, 2.05) is 19.1 Å². The first-order valence-electron chi connectivity index (χ1n) is 3.79. The van der Waals surface area contributed by atoms with Gasteiger partial charge in [-0.2, -0.15) is 0 Å². The van der Waals surface area contributed by atoms with Crippen LogP contribution >= 0.6 is 0 Å². The highest BCUT2D eigenvalue weighted by Gasteiger charge is 2.24. The second kappa shape index (κ2) is 4.13. The van der Waals surface area contributed by atoms with Crippen LogP contribution in [0.15, 0.2) is 12.2 Å². The van der Waals surface area contributed by atoms with Gasteiger partial charge in [0.1, 0.15) is 0 Å². The first-order valence-corrected chi connectivity index (χ1v) is 3.79. The molecular weight excluding hydrogens is 142 g/mol. The van der Waals surface area contributed by atoms with Gasteiger partial charge < -0.3 is 9.64 Å². The number of allylic oxidation sites excluding steroid dienone is 1. The molecule has 0 aromatic heterocycles. The van der Waals surface area contributed by atoms with Crippen LogP contribution in [-0.4, -0.2) is 37.1 Å². The van der Waals surface area contributed by atoms with Crippen LogP contribution in [-0.2, 0) is 9.53 Å². The molecular formula is C8H13NO2. The highest BCUT2D eigenvalue weighted by Crippen LogP contribution is 2.09. The summed E-state index contributed by atoms with van der Waals surface area (Å²) in [6, 6.07) is 0. The molecule has 11 heavy (non-hydrogen) atoms. The molecule has 1 saturated heterocycles. The highest BCUT2D eigenvalue weighted by molar-refractivity contribution is 5.47. The van der Waals surface area contributed by atoms with Crippen molar-refractivity contribution in [1.29, 1.82) is 0 Å². The topological polar surface area (TPSA) is 32.8 Å². The van der Waals surface area contributed by atoms with E-state index in [1.165, 1.54) is 0 Å². The van der Waals surface area contributed by atoms with Gasteiger partial charge in [-0.05, 0) is 6.92 Å². The summed E-state index contributed by atoms with van der Waals surface area (Å²) in [5.74, 6) is 0. The zero-order valence-electron chi connectivity index (χ0n) is 6.69. The van der Waals surface area contributed by atoms with Crippen molar-refractivity contribution in [3.05, 3.63) is 12.2 Å². The van der Waals surface area contributed by atoms with Crippen LogP contribution in [0.4, 0.5) is 0 Å². The van der Waals surface area contributed by atoms with Crippen molar-refractivity contribution in [3.8, 4) is 0 Å².